The van der Waals surface area contributed by atoms with Gasteiger partial charge in [-0.15, -0.1) is 0 Å². The standard InChI is InChI=1S/C21H30O4/c1-5-17(21(6-2)25-19(14-23)11-12-22)9-7-15(3)18-10-8-16(4)20(24)13-18/h5,7-10,13,19,21-24H,3,6,11-12,14H2,1-2,4H3/b9-7-,17-5+. The van der Waals surface area contributed by atoms with Gasteiger partial charge in [0.1, 0.15) is 5.75 Å². The first-order valence-electron chi connectivity index (χ1n) is 8.67. The van der Waals surface area contributed by atoms with Crippen molar-refractivity contribution in [1.82, 2.24) is 0 Å². The molecule has 0 saturated carbocycles. The van der Waals surface area contributed by atoms with Gasteiger partial charge in [-0.05, 0) is 55.0 Å². The highest BCUT2D eigenvalue weighted by atomic mass is 16.5. The maximum Gasteiger partial charge on any atom is 0.119 e. The number of aliphatic hydroxyl groups is 2. The summed E-state index contributed by atoms with van der Waals surface area (Å²) >= 11 is 0. The van der Waals surface area contributed by atoms with Gasteiger partial charge >= 0.3 is 0 Å². The molecule has 0 aliphatic heterocycles. The van der Waals surface area contributed by atoms with Gasteiger partial charge < -0.3 is 20.1 Å². The predicted octanol–water partition coefficient (Wildman–Crippen LogP) is 3.75. The molecular weight excluding hydrogens is 316 g/mol. The Kier molecular flexibility index (Phi) is 9.21. The normalized spacial score (nSPS) is 14.7. The molecule has 0 aliphatic rings. The van der Waals surface area contributed by atoms with Gasteiger partial charge in [-0.3, -0.25) is 0 Å². The van der Waals surface area contributed by atoms with Gasteiger partial charge in [0.2, 0.25) is 0 Å². The number of phenols is 1. The number of aromatic hydroxyl groups is 1. The zero-order valence-electron chi connectivity index (χ0n) is 15.4. The first kappa shape index (κ1) is 21.2. The molecule has 0 amide bonds. The largest absolute Gasteiger partial charge is 0.508 e. The molecule has 138 valence electrons. The van der Waals surface area contributed by atoms with Crippen LogP contribution < -0.4 is 0 Å². The average Bonchev–Trinajstić information content (AvgIpc) is 2.62. The van der Waals surface area contributed by atoms with E-state index in [1.54, 1.807) is 6.07 Å². The molecule has 0 saturated heterocycles. The summed E-state index contributed by atoms with van der Waals surface area (Å²) in [6.07, 6.45) is 6.43. The second-order valence-corrected chi connectivity index (χ2v) is 6.00. The Bertz CT molecular complexity index is 616. The molecule has 2 unspecified atom stereocenters. The van der Waals surface area contributed by atoms with Crippen molar-refractivity contribution in [3.8, 4) is 5.75 Å². The molecule has 1 aromatic rings. The van der Waals surface area contributed by atoms with Crippen LogP contribution in [0, 0.1) is 6.92 Å². The SMILES string of the molecule is C=C(/C=C\C(=C/C)C(CC)OC(CO)CCO)c1ccc(C)c(O)c1. The third-order valence-corrected chi connectivity index (χ3v) is 4.14. The Morgan fingerprint density at radius 1 is 1.28 bits per heavy atom. The van der Waals surface area contributed by atoms with Crippen LogP contribution in [0.4, 0.5) is 0 Å². The maximum absolute atomic E-state index is 9.83. The van der Waals surface area contributed by atoms with Crippen molar-refractivity contribution >= 4 is 5.57 Å². The highest BCUT2D eigenvalue weighted by Crippen LogP contribution is 2.24. The Morgan fingerprint density at radius 3 is 2.52 bits per heavy atom. The summed E-state index contributed by atoms with van der Waals surface area (Å²) in [5.74, 6) is 0.253. The summed E-state index contributed by atoms with van der Waals surface area (Å²) in [5, 5.41) is 28.2. The van der Waals surface area contributed by atoms with E-state index in [-0.39, 0.29) is 31.2 Å². The molecule has 1 rings (SSSR count). The lowest BCUT2D eigenvalue weighted by Gasteiger charge is -2.23. The van der Waals surface area contributed by atoms with E-state index >= 15 is 0 Å². The molecule has 0 aliphatic carbocycles. The summed E-state index contributed by atoms with van der Waals surface area (Å²) in [5.41, 5.74) is 3.46. The van der Waals surface area contributed by atoms with Crippen LogP contribution in [0.15, 0.2) is 48.6 Å². The van der Waals surface area contributed by atoms with E-state index < -0.39 is 0 Å². The third-order valence-electron chi connectivity index (χ3n) is 4.14. The van der Waals surface area contributed by atoms with E-state index in [0.717, 1.165) is 28.7 Å². The smallest absolute Gasteiger partial charge is 0.119 e. The van der Waals surface area contributed by atoms with Crippen LogP contribution in [0.3, 0.4) is 0 Å². The fourth-order valence-corrected chi connectivity index (χ4v) is 2.48. The number of aryl methyl sites for hydroxylation is 1. The number of hydrogen-bond acceptors (Lipinski definition) is 4. The van der Waals surface area contributed by atoms with Crippen LogP contribution in [-0.4, -0.2) is 40.7 Å². The van der Waals surface area contributed by atoms with Crippen molar-refractivity contribution in [3.63, 3.8) is 0 Å². The van der Waals surface area contributed by atoms with Gasteiger partial charge in [0.15, 0.2) is 0 Å². The number of rotatable bonds is 10. The van der Waals surface area contributed by atoms with Crippen molar-refractivity contribution in [2.75, 3.05) is 13.2 Å². The molecule has 0 bridgehead atoms. The fraction of sp³-hybridized carbons (Fsp3) is 0.429. The molecule has 25 heavy (non-hydrogen) atoms. The lowest BCUT2D eigenvalue weighted by molar-refractivity contribution is -0.0339. The molecule has 4 nitrogen and oxygen atoms in total. The molecule has 3 N–H and O–H groups in total. The summed E-state index contributed by atoms with van der Waals surface area (Å²) < 4.78 is 5.92. The molecule has 2 atom stereocenters. The second kappa shape index (κ2) is 10.9. The maximum atomic E-state index is 9.83. The van der Waals surface area contributed by atoms with Crippen molar-refractivity contribution in [3.05, 3.63) is 59.7 Å². The summed E-state index contributed by atoms with van der Waals surface area (Å²) in [6.45, 7) is 9.72. The number of hydrogen-bond donors (Lipinski definition) is 3. The molecule has 1 aromatic carbocycles. The lowest BCUT2D eigenvalue weighted by atomic mass is 10.0. The summed E-state index contributed by atoms with van der Waals surface area (Å²) in [7, 11) is 0. The van der Waals surface area contributed by atoms with Gasteiger partial charge in [-0.2, -0.15) is 0 Å². The summed E-state index contributed by atoms with van der Waals surface area (Å²) in [4.78, 5) is 0. The Hall–Kier alpha value is -1.88. The van der Waals surface area contributed by atoms with Crippen LogP contribution >= 0.6 is 0 Å². The van der Waals surface area contributed by atoms with Crippen LogP contribution in [0.5, 0.6) is 5.75 Å². The van der Waals surface area contributed by atoms with Crippen molar-refractivity contribution in [1.29, 1.82) is 0 Å². The Morgan fingerprint density at radius 2 is 2.00 bits per heavy atom. The van der Waals surface area contributed by atoms with Crippen LogP contribution in [0.2, 0.25) is 0 Å². The van der Waals surface area contributed by atoms with Gasteiger partial charge in [-0.1, -0.05) is 43.9 Å². The third kappa shape index (κ3) is 6.50. The highest BCUT2D eigenvalue weighted by Gasteiger charge is 2.16. The minimum Gasteiger partial charge on any atom is -0.508 e. The predicted molar refractivity (Wildman–Crippen MR) is 103 cm³/mol. The van der Waals surface area contributed by atoms with Crippen LogP contribution in [-0.2, 0) is 4.74 Å². The van der Waals surface area contributed by atoms with E-state index in [4.69, 9.17) is 9.84 Å². The monoisotopic (exact) mass is 346 g/mol. The molecule has 0 radical (unpaired) electrons. The number of ether oxygens (including phenoxy) is 1. The number of aliphatic hydroxyl groups excluding tert-OH is 2. The molecule has 0 spiro atoms. The van der Waals surface area contributed by atoms with E-state index in [2.05, 4.69) is 6.58 Å². The van der Waals surface area contributed by atoms with E-state index in [1.165, 1.54) is 0 Å². The van der Waals surface area contributed by atoms with Gasteiger partial charge in [0.25, 0.3) is 0 Å². The van der Waals surface area contributed by atoms with Crippen molar-refractivity contribution < 1.29 is 20.1 Å². The molecule has 0 fully saturated rings. The van der Waals surface area contributed by atoms with Gasteiger partial charge in [0.05, 0.1) is 18.8 Å². The zero-order valence-corrected chi connectivity index (χ0v) is 15.4. The van der Waals surface area contributed by atoms with Gasteiger partial charge in [0, 0.05) is 6.61 Å². The minimum atomic E-state index is -0.379. The second-order valence-electron chi connectivity index (χ2n) is 6.00. The van der Waals surface area contributed by atoms with E-state index in [9.17, 15) is 10.2 Å². The fourth-order valence-electron chi connectivity index (χ4n) is 2.48. The molecule has 4 heteroatoms. The molecular formula is C21H30O4. The Labute approximate surface area is 150 Å². The number of benzene rings is 1. The highest BCUT2D eigenvalue weighted by molar-refractivity contribution is 5.73. The van der Waals surface area contributed by atoms with Crippen LogP contribution in [0.25, 0.3) is 5.57 Å². The van der Waals surface area contributed by atoms with Gasteiger partial charge in [-0.25, -0.2) is 0 Å². The van der Waals surface area contributed by atoms with E-state index in [0.29, 0.717) is 6.42 Å². The first-order valence-corrected chi connectivity index (χ1v) is 8.67. The quantitative estimate of drug-likeness (QED) is 0.564. The topological polar surface area (TPSA) is 69.9 Å². The van der Waals surface area contributed by atoms with Crippen LogP contribution in [0.1, 0.15) is 37.8 Å². The number of allylic oxidation sites excluding steroid dienone is 3. The van der Waals surface area contributed by atoms with Crippen molar-refractivity contribution in [2.45, 2.75) is 45.8 Å². The minimum absolute atomic E-state index is 0.0175. The van der Waals surface area contributed by atoms with Crippen molar-refractivity contribution in [2.24, 2.45) is 0 Å². The molecule has 0 heterocycles. The zero-order chi connectivity index (χ0) is 18.8. The average molecular weight is 346 g/mol. The lowest BCUT2D eigenvalue weighted by Crippen LogP contribution is -2.27. The first-order chi connectivity index (χ1) is 12.0. The summed E-state index contributed by atoms with van der Waals surface area (Å²) in [6, 6.07) is 5.49. The Balaban J connectivity index is 2.85. The molecule has 0 aromatic heterocycles. The number of phenolic OH excluding ortho intramolecular Hbond substituents is 1. The van der Waals surface area contributed by atoms with E-state index in [1.807, 2.05) is 51.1 Å².